The van der Waals surface area contributed by atoms with Gasteiger partial charge < -0.3 is 10.6 Å². The van der Waals surface area contributed by atoms with Crippen molar-refractivity contribution in [2.75, 3.05) is 0 Å². The van der Waals surface area contributed by atoms with Crippen LogP contribution >= 0.6 is 0 Å². The van der Waals surface area contributed by atoms with E-state index in [4.69, 9.17) is 0 Å². The Bertz CT molecular complexity index is 459. The van der Waals surface area contributed by atoms with Gasteiger partial charge in [-0.25, -0.2) is 0 Å². The summed E-state index contributed by atoms with van der Waals surface area (Å²) >= 11 is 0. The molecule has 0 spiro atoms. The number of carbonyl (C=O) groups excluding carboxylic acids is 3. The third-order valence-corrected chi connectivity index (χ3v) is 3.03. The van der Waals surface area contributed by atoms with Gasteiger partial charge in [-0.1, -0.05) is 43.7 Å². The molecule has 20 heavy (non-hydrogen) atoms. The summed E-state index contributed by atoms with van der Waals surface area (Å²) in [5.74, 6) is -1.28. The van der Waals surface area contributed by atoms with Crippen molar-refractivity contribution >= 4 is 18.1 Å². The quantitative estimate of drug-likeness (QED) is 0.556. The van der Waals surface area contributed by atoms with Crippen molar-refractivity contribution in [3.05, 3.63) is 35.9 Å². The number of amides is 2. The summed E-state index contributed by atoms with van der Waals surface area (Å²) in [6.45, 7) is 3.69. The molecule has 5 heteroatoms. The topological polar surface area (TPSA) is 75.3 Å². The summed E-state index contributed by atoms with van der Waals surface area (Å²) in [6.07, 6.45) is 1.61. The standard InChI is InChI=1S/C15H20N2O3/c1-3-7-13(16-10-18)14(19)15(20)17-11(2)12-8-5-4-6-9-12/h4-6,8-11,13H,3,7H2,1-2H3,(H,16,18)(H,17,20)/t11-,13?/m1/s1. The predicted molar refractivity (Wildman–Crippen MR) is 75.9 cm³/mol. The minimum Gasteiger partial charge on any atom is -0.348 e. The van der Waals surface area contributed by atoms with E-state index >= 15 is 0 Å². The molecular weight excluding hydrogens is 256 g/mol. The summed E-state index contributed by atoms with van der Waals surface area (Å²) in [4.78, 5) is 34.3. The van der Waals surface area contributed by atoms with Crippen LogP contribution in [0.1, 0.15) is 38.3 Å². The second kappa shape index (κ2) is 8.09. The van der Waals surface area contributed by atoms with E-state index in [1.807, 2.05) is 44.2 Å². The van der Waals surface area contributed by atoms with Gasteiger partial charge in [0.05, 0.1) is 12.1 Å². The van der Waals surface area contributed by atoms with E-state index in [0.717, 1.165) is 5.56 Å². The van der Waals surface area contributed by atoms with E-state index in [0.29, 0.717) is 19.3 Å². The normalized spacial score (nSPS) is 13.1. The lowest BCUT2D eigenvalue weighted by molar-refractivity contribution is -0.140. The van der Waals surface area contributed by atoms with Crippen LogP contribution in [0.4, 0.5) is 0 Å². The SMILES string of the molecule is CCCC(NC=O)C(=O)C(=O)N[C@H](C)c1ccccc1. The van der Waals surface area contributed by atoms with Crippen LogP contribution in [0.5, 0.6) is 0 Å². The Hall–Kier alpha value is -2.17. The molecule has 0 bridgehead atoms. The maximum atomic E-state index is 12.0. The molecule has 0 saturated carbocycles. The highest BCUT2D eigenvalue weighted by atomic mass is 16.2. The summed E-state index contributed by atoms with van der Waals surface area (Å²) in [6, 6.07) is 8.37. The van der Waals surface area contributed by atoms with Gasteiger partial charge in [-0.15, -0.1) is 0 Å². The number of benzene rings is 1. The van der Waals surface area contributed by atoms with Gasteiger partial charge in [-0.05, 0) is 18.9 Å². The Morgan fingerprint density at radius 1 is 1.25 bits per heavy atom. The number of rotatable bonds is 8. The van der Waals surface area contributed by atoms with Gasteiger partial charge in [0.15, 0.2) is 0 Å². The Balaban J connectivity index is 2.65. The predicted octanol–water partition coefficient (Wildman–Crippen LogP) is 1.35. The molecule has 1 aromatic carbocycles. The molecule has 1 unspecified atom stereocenters. The maximum Gasteiger partial charge on any atom is 0.290 e. The van der Waals surface area contributed by atoms with E-state index in [9.17, 15) is 14.4 Å². The molecule has 0 aliphatic heterocycles. The van der Waals surface area contributed by atoms with Gasteiger partial charge in [0.2, 0.25) is 12.2 Å². The minimum absolute atomic E-state index is 0.258. The van der Waals surface area contributed by atoms with Crippen LogP contribution in [0.25, 0.3) is 0 Å². The Morgan fingerprint density at radius 3 is 2.45 bits per heavy atom. The van der Waals surface area contributed by atoms with Gasteiger partial charge in [0.1, 0.15) is 0 Å². The van der Waals surface area contributed by atoms with Crippen molar-refractivity contribution in [2.24, 2.45) is 0 Å². The number of hydrogen-bond acceptors (Lipinski definition) is 3. The maximum absolute atomic E-state index is 12.0. The third kappa shape index (κ3) is 4.50. The van der Waals surface area contributed by atoms with E-state index < -0.39 is 17.7 Å². The molecule has 0 aliphatic rings. The molecule has 1 aromatic rings. The van der Waals surface area contributed by atoms with Crippen LogP contribution in [-0.2, 0) is 14.4 Å². The smallest absolute Gasteiger partial charge is 0.290 e. The zero-order valence-electron chi connectivity index (χ0n) is 11.8. The van der Waals surface area contributed by atoms with Crippen molar-refractivity contribution < 1.29 is 14.4 Å². The summed E-state index contributed by atoms with van der Waals surface area (Å²) < 4.78 is 0. The van der Waals surface area contributed by atoms with Crippen LogP contribution in [0, 0.1) is 0 Å². The largest absolute Gasteiger partial charge is 0.348 e. The van der Waals surface area contributed by atoms with Crippen molar-refractivity contribution in [3.8, 4) is 0 Å². The lowest BCUT2D eigenvalue weighted by Gasteiger charge is -2.17. The van der Waals surface area contributed by atoms with Gasteiger partial charge in [-0.2, -0.15) is 0 Å². The first kappa shape index (κ1) is 15.9. The highest BCUT2D eigenvalue weighted by molar-refractivity contribution is 6.38. The molecule has 108 valence electrons. The van der Waals surface area contributed by atoms with Crippen LogP contribution in [0.2, 0.25) is 0 Å². The third-order valence-electron chi connectivity index (χ3n) is 3.03. The molecule has 2 atom stereocenters. The monoisotopic (exact) mass is 276 g/mol. The van der Waals surface area contributed by atoms with Gasteiger partial charge in [0, 0.05) is 0 Å². The summed E-state index contributed by atoms with van der Waals surface area (Å²) in [7, 11) is 0. The van der Waals surface area contributed by atoms with Crippen molar-refractivity contribution in [1.29, 1.82) is 0 Å². The molecule has 0 radical (unpaired) electrons. The van der Waals surface area contributed by atoms with Crippen molar-refractivity contribution in [3.63, 3.8) is 0 Å². The van der Waals surface area contributed by atoms with Gasteiger partial charge in [0.25, 0.3) is 5.91 Å². The molecule has 2 amide bonds. The van der Waals surface area contributed by atoms with Crippen molar-refractivity contribution in [2.45, 2.75) is 38.8 Å². The average molecular weight is 276 g/mol. The molecule has 0 aliphatic carbocycles. The Morgan fingerprint density at radius 2 is 1.90 bits per heavy atom. The first-order chi connectivity index (χ1) is 9.60. The van der Waals surface area contributed by atoms with E-state index in [1.54, 1.807) is 0 Å². The number of ketones is 1. The number of nitrogens with one attached hydrogen (secondary N) is 2. The lowest BCUT2D eigenvalue weighted by Crippen LogP contribution is -2.45. The van der Waals surface area contributed by atoms with Crippen LogP contribution in [0.15, 0.2) is 30.3 Å². The van der Waals surface area contributed by atoms with Gasteiger partial charge in [-0.3, -0.25) is 14.4 Å². The second-order valence-corrected chi connectivity index (χ2v) is 4.60. The average Bonchev–Trinajstić information content (AvgIpc) is 2.47. The molecular formula is C15H20N2O3. The molecule has 1 rings (SSSR count). The van der Waals surface area contributed by atoms with Crippen LogP contribution in [0.3, 0.4) is 0 Å². The highest BCUT2D eigenvalue weighted by Crippen LogP contribution is 2.11. The molecule has 0 saturated heterocycles. The first-order valence-electron chi connectivity index (χ1n) is 6.69. The number of Topliss-reactive ketones (excluding diaryl/α,β-unsaturated/α-hetero) is 1. The minimum atomic E-state index is -0.750. The molecule has 2 N–H and O–H groups in total. The summed E-state index contributed by atoms with van der Waals surface area (Å²) in [5, 5.41) is 5.04. The molecule has 0 fully saturated rings. The second-order valence-electron chi connectivity index (χ2n) is 4.60. The molecule has 0 heterocycles. The zero-order chi connectivity index (χ0) is 15.0. The fraction of sp³-hybridized carbons (Fsp3) is 0.400. The Labute approximate surface area is 118 Å². The van der Waals surface area contributed by atoms with Gasteiger partial charge >= 0.3 is 0 Å². The fourth-order valence-corrected chi connectivity index (χ4v) is 1.91. The molecule has 0 aromatic heterocycles. The molecule has 5 nitrogen and oxygen atoms in total. The van der Waals surface area contributed by atoms with Crippen LogP contribution < -0.4 is 10.6 Å². The lowest BCUT2D eigenvalue weighted by atomic mass is 10.1. The van der Waals surface area contributed by atoms with E-state index in [1.165, 1.54) is 0 Å². The van der Waals surface area contributed by atoms with E-state index in [-0.39, 0.29) is 6.04 Å². The van der Waals surface area contributed by atoms with Crippen LogP contribution in [-0.4, -0.2) is 24.1 Å². The van der Waals surface area contributed by atoms with E-state index in [2.05, 4.69) is 10.6 Å². The highest BCUT2D eigenvalue weighted by Gasteiger charge is 2.25. The number of carbonyl (C=O) groups is 3. The fourth-order valence-electron chi connectivity index (χ4n) is 1.91. The Kier molecular flexibility index (Phi) is 6.43. The van der Waals surface area contributed by atoms with Crippen molar-refractivity contribution in [1.82, 2.24) is 10.6 Å². The first-order valence-corrected chi connectivity index (χ1v) is 6.69. The zero-order valence-corrected chi connectivity index (χ0v) is 11.8. The summed E-state index contributed by atoms with van der Waals surface area (Å²) in [5.41, 5.74) is 0.920. The number of hydrogen-bond donors (Lipinski definition) is 2.